The van der Waals surface area contributed by atoms with Crippen molar-refractivity contribution in [3.8, 4) is 5.82 Å². The van der Waals surface area contributed by atoms with Crippen LogP contribution in [-0.2, 0) is 0 Å². The SMILES string of the molecule is O=C(Nc1ccc(-n2cncn2)nc1)c1cc(F)c(Cl)cc1Cl. The summed E-state index contributed by atoms with van der Waals surface area (Å²) >= 11 is 11.5. The number of halogens is 3. The number of hydrogen-bond acceptors (Lipinski definition) is 4. The van der Waals surface area contributed by atoms with Gasteiger partial charge in [-0.25, -0.2) is 19.0 Å². The van der Waals surface area contributed by atoms with Crippen LogP contribution >= 0.6 is 23.2 Å². The van der Waals surface area contributed by atoms with Gasteiger partial charge in [0, 0.05) is 0 Å². The molecule has 1 amide bonds. The molecule has 9 heteroatoms. The maximum atomic E-state index is 13.5. The van der Waals surface area contributed by atoms with E-state index in [4.69, 9.17) is 23.2 Å². The summed E-state index contributed by atoms with van der Waals surface area (Å²) in [6.07, 6.45) is 4.32. The quantitative estimate of drug-likeness (QED) is 0.734. The van der Waals surface area contributed by atoms with Crippen molar-refractivity contribution < 1.29 is 9.18 Å². The van der Waals surface area contributed by atoms with Gasteiger partial charge in [0.25, 0.3) is 5.91 Å². The molecule has 3 aromatic rings. The number of carbonyl (C=O) groups excluding carboxylic acids is 1. The van der Waals surface area contributed by atoms with Crippen LogP contribution in [0.1, 0.15) is 10.4 Å². The van der Waals surface area contributed by atoms with Gasteiger partial charge in [-0.1, -0.05) is 23.2 Å². The summed E-state index contributed by atoms with van der Waals surface area (Å²) in [5, 5.41) is 6.42. The zero-order chi connectivity index (χ0) is 16.4. The van der Waals surface area contributed by atoms with E-state index in [9.17, 15) is 9.18 Å². The summed E-state index contributed by atoms with van der Waals surface area (Å²) in [5.41, 5.74) is 0.402. The highest BCUT2D eigenvalue weighted by Gasteiger charge is 2.14. The second kappa shape index (κ2) is 6.31. The van der Waals surface area contributed by atoms with Gasteiger partial charge in [-0.3, -0.25) is 4.79 Å². The third kappa shape index (κ3) is 3.30. The average molecular weight is 352 g/mol. The second-order valence-corrected chi connectivity index (χ2v) is 5.26. The van der Waals surface area contributed by atoms with E-state index < -0.39 is 11.7 Å². The zero-order valence-electron chi connectivity index (χ0n) is 11.4. The molecule has 0 saturated heterocycles. The molecule has 0 spiro atoms. The van der Waals surface area contributed by atoms with E-state index in [1.54, 1.807) is 12.1 Å². The van der Waals surface area contributed by atoms with Gasteiger partial charge in [-0.05, 0) is 24.3 Å². The second-order valence-electron chi connectivity index (χ2n) is 4.45. The summed E-state index contributed by atoms with van der Waals surface area (Å²) in [5.74, 6) is -0.752. The van der Waals surface area contributed by atoms with Gasteiger partial charge in [0.2, 0.25) is 0 Å². The number of carbonyl (C=O) groups is 1. The summed E-state index contributed by atoms with van der Waals surface area (Å²) in [7, 11) is 0. The standard InChI is InChI=1S/C14H8Cl2FN5O/c15-10-4-11(16)12(17)3-9(10)14(23)21-8-1-2-13(19-5-8)22-7-18-6-20-22/h1-7H,(H,21,23). The van der Waals surface area contributed by atoms with Crippen molar-refractivity contribution in [2.24, 2.45) is 0 Å². The van der Waals surface area contributed by atoms with E-state index in [-0.39, 0.29) is 15.6 Å². The van der Waals surface area contributed by atoms with Crippen LogP contribution in [0.3, 0.4) is 0 Å². The van der Waals surface area contributed by atoms with Crippen molar-refractivity contribution in [1.29, 1.82) is 0 Å². The molecule has 6 nitrogen and oxygen atoms in total. The summed E-state index contributed by atoms with van der Waals surface area (Å²) in [6, 6.07) is 5.44. The lowest BCUT2D eigenvalue weighted by molar-refractivity contribution is 0.102. The molecule has 2 aromatic heterocycles. The van der Waals surface area contributed by atoms with Crippen LogP contribution in [0.4, 0.5) is 10.1 Å². The molecule has 0 aliphatic heterocycles. The van der Waals surface area contributed by atoms with Gasteiger partial charge in [0.1, 0.15) is 18.5 Å². The van der Waals surface area contributed by atoms with Crippen molar-refractivity contribution in [2.45, 2.75) is 0 Å². The van der Waals surface area contributed by atoms with Crippen LogP contribution in [0.25, 0.3) is 5.82 Å². The molecule has 0 aliphatic carbocycles. The lowest BCUT2D eigenvalue weighted by atomic mass is 10.2. The van der Waals surface area contributed by atoms with Crippen LogP contribution in [0.15, 0.2) is 43.1 Å². The van der Waals surface area contributed by atoms with Gasteiger partial charge >= 0.3 is 0 Å². The van der Waals surface area contributed by atoms with Crippen LogP contribution in [0.2, 0.25) is 10.0 Å². The van der Waals surface area contributed by atoms with E-state index in [1.165, 1.54) is 29.6 Å². The predicted molar refractivity (Wildman–Crippen MR) is 83.5 cm³/mol. The fourth-order valence-corrected chi connectivity index (χ4v) is 2.29. The molecular formula is C14H8Cl2FN5O. The Morgan fingerprint density at radius 2 is 2.04 bits per heavy atom. The number of benzene rings is 1. The van der Waals surface area contributed by atoms with Gasteiger partial charge in [-0.15, -0.1) is 0 Å². The summed E-state index contributed by atoms with van der Waals surface area (Å²) in [4.78, 5) is 20.1. The molecule has 3 rings (SSSR count). The van der Waals surface area contributed by atoms with Crippen molar-refractivity contribution in [1.82, 2.24) is 19.7 Å². The third-order valence-corrected chi connectivity index (χ3v) is 3.52. The average Bonchev–Trinajstić information content (AvgIpc) is 3.06. The Labute approximate surface area is 139 Å². The number of aromatic nitrogens is 4. The number of hydrogen-bond donors (Lipinski definition) is 1. The van der Waals surface area contributed by atoms with E-state index in [0.717, 1.165) is 6.07 Å². The Morgan fingerprint density at radius 1 is 1.22 bits per heavy atom. The first kappa shape index (κ1) is 15.4. The minimum atomic E-state index is -0.721. The number of anilines is 1. The van der Waals surface area contributed by atoms with E-state index in [2.05, 4.69) is 20.4 Å². The highest BCUT2D eigenvalue weighted by Crippen LogP contribution is 2.25. The molecule has 1 aromatic carbocycles. The molecule has 0 fully saturated rings. The first-order valence-corrected chi connectivity index (χ1v) is 7.07. The molecule has 0 saturated carbocycles. The van der Waals surface area contributed by atoms with Gasteiger partial charge in [-0.2, -0.15) is 5.10 Å². The van der Waals surface area contributed by atoms with Crippen molar-refractivity contribution in [3.05, 3.63) is 64.5 Å². The number of amides is 1. The Hall–Kier alpha value is -2.51. The van der Waals surface area contributed by atoms with Crippen LogP contribution in [0.5, 0.6) is 0 Å². The largest absolute Gasteiger partial charge is 0.321 e. The van der Waals surface area contributed by atoms with E-state index >= 15 is 0 Å². The zero-order valence-corrected chi connectivity index (χ0v) is 12.9. The Bertz CT molecular complexity index is 852. The van der Waals surface area contributed by atoms with Crippen molar-refractivity contribution >= 4 is 34.8 Å². The monoisotopic (exact) mass is 351 g/mol. The van der Waals surface area contributed by atoms with E-state index in [0.29, 0.717) is 11.5 Å². The van der Waals surface area contributed by atoms with Gasteiger partial charge in [0.05, 0.1) is 27.5 Å². The molecule has 0 radical (unpaired) electrons. The minimum absolute atomic E-state index is 0.0195. The predicted octanol–water partition coefficient (Wildman–Crippen LogP) is 3.36. The third-order valence-electron chi connectivity index (χ3n) is 2.91. The molecule has 0 bridgehead atoms. The van der Waals surface area contributed by atoms with Gasteiger partial charge < -0.3 is 5.32 Å². The highest BCUT2D eigenvalue weighted by atomic mass is 35.5. The molecule has 1 N–H and O–H groups in total. The maximum absolute atomic E-state index is 13.5. The molecule has 0 unspecified atom stereocenters. The lowest BCUT2D eigenvalue weighted by Crippen LogP contribution is -2.13. The molecule has 0 atom stereocenters. The maximum Gasteiger partial charge on any atom is 0.257 e. The van der Waals surface area contributed by atoms with Crippen LogP contribution < -0.4 is 5.32 Å². The number of nitrogens with zero attached hydrogens (tertiary/aromatic N) is 4. The van der Waals surface area contributed by atoms with Crippen LogP contribution in [0, 0.1) is 5.82 Å². The lowest BCUT2D eigenvalue weighted by Gasteiger charge is -2.08. The molecule has 0 aliphatic rings. The Balaban J connectivity index is 1.79. The Morgan fingerprint density at radius 3 is 2.70 bits per heavy atom. The van der Waals surface area contributed by atoms with Crippen molar-refractivity contribution in [2.75, 3.05) is 5.32 Å². The fraction of sp³-hybridized carbons (Fsp3) is 0. The molecule has 116 valence electrons. The number of rotatable bonds is 3. The Kier molecular flexibility index (Phi) is 4.22. The highest BCUT2D eigenvalue weighted by molar-refractivity contribution is 6.37. The fourth-order valence-electron chi connectivity index (χ4n) is 1.82. The van der Waals surface area contributed by atoms with E-state index in [1.807, 2.05) is 0 Å². The van der Waals surface area contributed by atoms with Gasteiger partial charge in [0.15, 0.2) is 5.82 Å². The van der Waals surface area contributed by atoms with Crippen molar-refractivity contribution in [3.63, 3.8) is 0 Å². The molecule has 2 heterocycles. The first-order valence-electron chi connectivity index (χ1n) is 6.31. The normalized spacial score (nSPS) is 10.6. The summed E-state index contributed by atoms with van der Waals surface area (Å²) in [6.45, 7) is 0. The summed E-state index contributed by atoms with van der Waals surface area (Å²) < 4.78 is 14.9. The first-order chi connectivity index (χ1) is 11.0. The minimum Gasteiger partial charge on any atom is -0.321 e. The topological polar surface area (TPSA) is 72.7 Å². The molecular weight excluding hydrogens is 344 g/mol. The number of pyridine rings is 1. The van der Waals surface area contributed by atoms with Crippen LogP contribution in [-0.4, -0.2) is 25.7 Å². The smallest absolute Gasteiger partial charge is 0.257 e. The molecule has 23 heavy (non-hydrogen) atoms. The number of nitrogens with one attached hydrogen (secondary N) is 1.